The smallest absolute Gasteiger partial charge is 0.360 e. The fourth-order valence-corrected chi connectivity index (χ4v) is 4.94. The number of rotatable bonds is 5. The fourth-order valence-electron chi connectivity index (χ4n) is 4.94. The Kier molecular flexibility index (Phi) is 6.09. The number of aromatic nitrogens is 6. The predicted molar refractivity (Wildman–Crippen MR) is 152 cm³/mol. The molecule has 0 atom stereocenters. The Balaban J connectivity index is 1.20. The number of esters is 2. The molecular formula is C30H20N6O6. The Morgan fingerprint density at radius 1 is 0.738 bits per heavy atom. The van der Waals surface area contributed by atoms with Crippen molar-refractivity contribution < 1.29 is 19.1 Å². The first kappa shape index (κ1) is 26.1. The molecular weight excluding hydrogens is 540 g/mol. The maximum absolute atomic E-state index is 13.0. The Labute approximate surface area is 236 Å². The van der Waals surface area contributed by atoms with Crippen molar-refractivity contribution in [2.75, 3.05) is 13.2 Å². The zero-order valence-corrected chi connectivity index (χ0v) is 22.3. The summed E-state index contributed by atoms with van der Waals surface area (Å²) in [4.78, 5) is 60.0. The summed E-state index contributed by atoms with van der Waals surface area (Å²) >= 11 is 0. The van der Waals surface area contributed by atoms with E-state index in [0.717, 1.165) is 0 Å². The highest BCUT2D eigenvalue weighted by Crippen LogP contribution is 2.19. The summed E-state index contributed by atoms with van der Waals surface area (Å²) in [6.07, 6.45) is 13.7. The number of carbonyl (C=O) groups is 2. The molecule has 0 N–H and O–H groups in total. The van der Waals surface area contributed by atoms with E-state index in [1.54, 1.807) is 45.2 Å². The lowest BCUT2D eigenvalue weighted by Crippen LogP contribution is -2.22. The third-order valence-corrected chi connectivity index (χ3v) is 6.97. The second kappa shape index (κ2) is 9.80. The minimum Gasteiger partial charge on any atom is -0.457 e. The molecule has 206 valence electrons. The number of hydrogen-bond acceptors (Lipinski definition) is 8. The van der Waals surface area contributed by atoms with Crippen LogP contribution in [0.4, 0.5) is 0 Å². The number of fused-ring (bicyclic) bond motifs is 6. The van der Waals surface area contributed by atoms with Crippen LogP contribution < -0.4 is 11.1 Å². The Bertz CT molecular complexity index is 2180. The number of terminal acetylenes is 2. The van der Waals surface area contributed by atoms with E-state index < -0.39 is 11.9 Å². The molecule has 0 amide bonds. The number of imidazole rings is 2. The van der Waals surface area contributed by atoms with Gasteiger partial charge in [0, 0.05) is 25.2 Å². The Morgan fingerprint density at radius 2 is 1.14 bits per heavy atom. The van der Waals surface area contributed by atoms with Gasteiger partial charge in [-0.15, -0.1) is 12.8 Å². The highest BCUT2D eigenvalue weighted by Gasteiger charge is 2.23. The molecule has 0 aliphatic carbocycles. The van der Waals surface area contributed by atoms with Crippen LogP contribution in [-0.4, -0.2) is 53.1 Å². The van der Waals surface area contributed by atoms with Gasteiger partial charge in [-0.3, -0.25) is 27.5 Å². The molecule has 4 aromatic heterocycles. The van der Waals surface area contributed by atoms with Gasteiger partial charge in [0.05, 0.1) is 21.8 Å². The van der Waals surface area contributed by atoms with Crippen LogP contribution in [0.25, 0.3) is 33.1 Å². The summed E-state index contributed by atoms with van der Waals surface area (Å²) in [6.45, 7) is -0.585. The standard InChI is InChI=1S/C30H20N6O6/c1-5-17-7-9-21-19(13-17)27(37)33(3)25-23(31-15-35(21)25)29(39)41-11-12-42-30(40)24-26-34(4)28(38)20-14-18(6-2)8-10-22(20)36(26)16-32-24/h1-2,7-10,13-16H,11-12H2,3-4H3. The molecule has 0 unspecified atom stereocenters. The average molecular weight is 561 g/mol. The fraction of sp³-hybridized carbons (Fsp3) is 0.133. The van der Waals surface area contributed by atoms with Gasteiger partial charge in [0.1, 0.15) is 25.9 Å². The quantitative estimate of drug-likeness (QED) is 0.177. The van der Waals surface area contributed by atoms with Crippen molar-refractivity contribution in [1.29, 1.82) is 0 Å². The highest BCUT2D eigenvalue weighted by molar-refractivity contribution is 5.97. The number of carbonyl (C=O) groups excluding carboxylic acids is 2. The number of ether oxygens (including phenoxy) is 2. The molecule has 0 saturated carbocycles. The lowest BCUT2D eigenvalue weighted by Gasteiger charge is -2.10. The van der Waals surface area contributed by atoms with Crippen molar-refractivity contribution in [3.63, 3.8) is 0 Å². The van der Waals surface area contributed by atoms with E-state index in [4.69, 9.17) is 22.3 Å². The van der Waals surface area contributed by atoms with Crippen molar-refractivity contribution in [2.45, 2.75) is 0 Å². The van der Waals surface area contributed by atoms with E-state index in [9.17, 15) is 19.2 Å². The number of benzene rings is 2. The van der Waals surface area contributed by atoms with Gasteiger partial charge in [-0.25, -0.2) is 19.6 Å². The van der Waals surface area contributed by atoms with E-state index >= 15 is 0 Å². The normalized spacial score (nSPS) is 11.1. The van der Waals surface area contributed by atoms with Crippen molar-refractivity contribution in [3.05, 3.63) is 92.3 Å². The monoisotopic (exact) mass is 560 g/mol. The van der Waals surface area contributed by atoms with Crippen LogP contribution in [0.2, 0.25) is 0 Å². The molecule has 6 aromatic rings. The van der Waals surface area contributed by atoms with Crippen molar-refractivity contribution in [3.8, 4) is 24.7 Å². The summed E-state index contributed by atoms with van der Waals surface area (Å²) in [5.41, 5.74) is 1.73. The topological polar surface area (TPSA) is 131 Å². The van der Waals surface area contributed by atoms with Gasteiger partial charge in [0.2, 0.25) is 0 Å². The Hall–Kier alpha value is -6.14. The van der Waals surface area contributed by atoms with E-state index in [1.165, 1.54) is 35.9 Å². The number of aryl methyl sites for hydroxylation is 2. The molecule has 0 aliphatic heterocycles. The average Bonchev–Trinajstić information content (AvgIpc) is 3.66. The van der Waals surface area contributed by atoms with Crippen molar-refractivity contribution >= 4 is 45.0 Å². The summed E-state index contributed by atoms with van der Waals surface area (Å²) < 4.78 is 16.3. The van der Waals surface area contributed by atoms with E-state index in [1.807, 2.05) is 0 Å². The molecule has 4 heterocycles. The first-order chi connectivity index (χ1) is 20.2. The molecule has 0 saturated heterocycles. The van der Waals surface area contributed by atoms with Crippen molar-refractivity contribution in [1.82, 2.24) is 27.9 Å². The zero-order chi connectivity index (χ0) is 29.7. The summed E-state index contributed by atoms with van der Waals surface area (Å²) in [7, 11) is 3.03. The van der Waals surface area contributed by atoms with Gasteiger partial charge in [0.15, 0.2) is 22.7 Å². The second-order valence-electron chi connectivity index (χ2n) is 9.33. The molecule has 2 aromatic carbocycles. The molecule has 12 nitrogen and oxygen atoms in total. The summed E-state index contributed by atoms with van der Waals surface area (Å²) in [6, 6.07) is 9.94. The molecule has 0 fully saturated rings. The minimum atomic E-state index is -0.809. The van der Waals surface area contributed by atoms with E-state index in [2.05, 4.69) is 21.8 Å². The molecule has 0 aliphatic rings. The largest absolute Gasteiger partial charge is 0.457 e. The molecule has 0 spiro atoms. The molecule has 0 bridgehead atoms. The first-order valence-corrected chi connectivity index (χ1v) is 12.5. The van der Waals surface area contributed by atoms with Crippen LogP contribution in [0.5, 0.6) is 0 Å². The lowest BCUT2D eigenvalue weighted by atomic mass is 10.1. The first-order valence-electron chi connectivity index (χ1n) is 12.5. The number of hydrogen-bond donors (Lipinski definition) is 0. The SMILES string of the molecule is C#Cc1ccc2c(c1)c(=O)n(C)c1c(C(=O)OCCOC(=O)c3ncn4c5ccc(C#C)cc5c(=O)n(C)c34)ncn21. The van der Waals surface area contributed by atoms with Gasteiger partial charge >= 0.3 is 11.9 Å². The molecule has 6 rings (SSSR count). The van der Waals surface area contributed by atoms with Gasteiger partial charge in [-0.2, -0.15) is 0 Å². The maximum Gasteiger partial charge on any atom is 0.360 e. The predicted octanol–water partition coefficient (Wildman–Crippen LogP) is 1.66. The third-order valence-electron chi connectivity index (χ3n) is 6.97. The maximum atomic E-state index is 13.0. The molecule has 0 radical (unpaired) electrons. The van der Waals surface area contributed by atoms with Crippen molar-refractivity contribution in [2.24, 2.45) is 14.1 Å². The van der Waals surface area contributed by atoms with Crippen LogP contribution in [0.3, 0.4) is 0 Å². The van der Waals surface area contributed by atoms with Crippen LogP contribution in [0.1, 0.15) is 32.1 Å². The van der Waals surface area contributed by atoms with Gasteiger partial charge in [0.25, 0.3) is 11.1 Å². The Morgan fingerprint density at radius 3 is 1.52 bits per heavy atom. The molecule has 12 heteroatoms. The summed E-state index contributed by atoms with van der Waals surface area (Å²) in [5.74, 6) is 3.38. The zero-order valence-electron chi connectivity index (χ0n) is 22.3. The third kappa shape index (κ3) is 3.90. The summed E-state index contributed by atoms with van der Waals surface area (Å²) in [5, 5.41) is 0.749. The number of nitrogens with zero attached hydrogens (tertiary/aromatic N) is 6. The van der Waals surface area contributed by atoms with E-state index in [0.29, 0.717) is 32.9 Å². The highest BCUT2D eigenvalue weighted by atomic mass is 16.6. The molecule has 42 heavy (non-hydrogen) atoms. The van der Waals surface area contributed by atoms with Crippen LogP contribution in [-0.2, 0) is 23.6 Å². The van der Waals surface area contributed by atoms with Crippen LogP contribution in [0, 0.1) is 24.7 Å². The van der Waals surface area contributed by atoms with Crippen LogP contribution >= 0.6 is 0 Å². The second-order valence-corrected chi connectivity index (χ2v) is 9.33. The van der Waals surface area contributed by atoms with Gasteiger partial charge < -0.3 is 9.47 Å². The lowest BCUT2D eigenvalue weighted by molar-refractivity contribution is 0.0261. The van der Waals surface area contributed by atoms with E-state index in [-0.39, 0.29) is 47.0 Å². The van der Waals surface area contributed by atoms with Gasteiger partial charge in [-0.1, -0.05) is 11.8 Å². The minimum absolute atomic E-state index is 0.0844. The van der Waals surface area contributed by atoms with Crippen LogP contribution in [0.15, 0.2) is 58.6 Å². The van der Waals surface area contributed by atoms with Gasteiger partial charge in [-0.05, 0) is 36.4 Å².